The van der Waals surface area contributed by atoms with E-state index >= 15 is 0 Å². The van der Waals surface area contributed by atoms with E-state index < -0.39 is 0 Å². The number of amides is 1. The molecule has 8 nitrogen and oxygen atoms in total. The van der Waals surface area contributed by atoms with Gasteiger partial charge in [0.05, 0.1) is 23.5 Å². The number of halogens is 1. The van der Waals surface area contributed by atoms with Crippen molar-refractivity contribution in [3.05, 3.63) is 66.2 Å². The van der Waals surface area contributed by atoms with Crippen LogP contribution < -0.4 is 10.2 Å². The predicted octanol–water partition coefficient (Wildman–Crippen LogP) is 4.13. The number of hydrogen-bond donors (Lipinski definition) is 2. The number of hydrogen-bond acceptors (Lipinski definition) is 6. The lowest BCUT2D eigenvalue weighted by molar-refractivity contribution is -0.115. The fraction of sp³-hybridized carbons (Fsp3) is 0.200. The van der Waals surface area contributed by atoms with Crippen LogP contribution in [0.25, 0.3) is 28.2 Å². The monoisotopic (exact) mass is 456 g/mol. The van der Waals surface area contributed by atoms with Crippen molar-refractivity contribution in [2.24, 2.45) is 5.16 Å². The van der Waals surface area contributed by atoms with Crippen molar-refractivity contribution in [3.63, 3.8) is 0 Å². The van der Waals surface area contributed by atoms with Gasteiger partial charge in [-0.2, -0.15) is 0 Å². The molecule has 0 radical (unpaired) electrons. The van der Waals surface area contributed by atoms with Gasteiger partial charge in [-0.05, 0) is 42.0 Å². The standard InChI is InChI=1S/C25H21FN6O2/c26-18-4-1-15(2-5-18)22-23(16-3-6-20-17(13-16)14-21(33)28-20)32-12-9-27-24(25(32)29-22)31-10-7-19(30-34)8-11-31/h1-6,9,12-13,34H,7-8,10-11,14H2,(H,28,33). The van der Waals surface area contributed by atoms with Crippen molar-refractivity contribution in [2.75, 3.05) is 23.3 Å². The minimum atomic E-state index is -0.312. The molecule has 170 valence electrons. The van der Waals surface area contributed by atoms with Crippen molar-refractivity contribution < 1.29 is 14.4 Å². The van der Waals surface area contributed by atoms with Gasteiger partial charge in [0, 0.05) is 55.1 Å². The summed E-state index contributed by atoms with van der Waals surface area (Å²) in [4.78, 5) is 23.6. The number of aromatic nitrogens is 3. The Hall–Kier alpha value is -4.27. The highest BCUT2D eigenvalue weighted by atomic mass is 19.1. The Morgan fingerprint density at radius 3 is 2.59 bits per heavy atom. The van der Waals surface area contributed by atoms with Gasteiger partial charge in [-0.15, -0.1) is 0 Å². The molecule has 0 atom stereocenters. The van der Waals surface area contributed by atoms with E-state index in [1.54, 1.807) is 18.3 Å². The number of anilines is 2. The molecule has 4 aromatic rings. The Bertz CT molecular complexity index is 1450. The maximum Gasteiger partial charge on any atom is 0.228 e. The van der Waals surface area contributed by atoms with Crippen molar-refractivity contribution in [2.45, 2.75) is 19.3 Å². The molecule has 2 aromatic heterocycles. The third kappa shape index (κ3) is 3.37. The second-order valence-electron chi connectivity index (χ2n) is 8.51. The van der Waals surface area contributed by atoms with Crippen LogP contribution in [-0.4, -0.2) is 44.3 Å². The van der Waals surface area contributed by atoms with Crippen LogP contribution in [0.15, 0.2) is 60.0 Å². The van der Waals surface area contributed by atoms with Crippen LogP contribution >= 0.6 is 0 Å². The topological polar surface area (TPSA) is 95.1 Å². The van der Waals surface area contributed by atoms with Gasteiger partial charge < -0.3 is 15.4 Å². The normalized spacial score (nSPS) is 15.5. The summed E-state index contributed by atoms with van der Waals surface area (Å²) in [6.07, 6.45) is 5.26. The van der Waals surface area contributed by atoms with Gasteiger partial charge in [-0.1, -0.05) is 11.2 Å². The number of benzene rings is 2. The molecule has 6 rings (SSSR count). The zero-order chi connectivity index (χ0) is 23.2. The van der Waals surface area contributed by atoms with E-state index in [-0.39, 0.29) is 11.7 Å². The first-order valence-corrected chi connectivity index (χ1v) is 11.1. The van der Waals surface area contributed by atoms with Gasteiger partial charge in [-0.25, -0.2) is 14.4 Å². The molecular formula is C25H21FN6O2. The maximum absolute atomic E-state index is 13.7. The van der Waals surface area contributed by atoms with E-state index in [4.69, 9.17) is 10.2 Å². The molecule has 0 bridgehead atoms. The van der Waals surface area contributed by atoms with E-state index in [1.165, 1.54) is 12.1 Å². The lowest BCUT2D eigenvalue weighted by Gasteiger charge is -2.28. The van der Waals surface area contributed by atoms with Gasteiger partial charge in [0.1, 0.15) is 5.82 Å². The fourth-order valence-electron chi connectivity index (χ4n) is 4.73. The summed E-state index contributed by atoms with van der Waals surface area (Å²) in [5.74, 6) is 0.409. The molecule has 1 fully saturated rings. The number of carbonyl (C=O) groups excluding carboxylic acids is 1. The third-order valence-corrected chi connectivity index (χ3v) is 6.43. The maximum atomic E-state index is 13.7. The minimum Gasteiger partial charge on any atom is -0.411 e. The van der Waals surface area contributed by atoms with Crippen LogP contribution in [0.1, 0.15) is 18.4 Å². The molecule has 2 aliphatic heterocycles. The lowest BCUT2D eigenvalue weighted by Crippen LogP contribution is -2.34. The van der Waals surface area contributed by atoms with Crippen molar-refractivity contribution in [1.82, 2.24) is 14.4 Å². The summed E-state index contributed by atoms with van der Waals surface area (Å²) < 4.78 is 15.7. The fourth-order valence-corrected chi connectivity index (χ4v) is 4.73. The number of rotatable bonds is 3. The number of piperidine rings is 1. The summed E-state index contributed by atoms with van der Waals surface area (Å²) in [6.45, 7) is 1.35. The molecule has 0 saturated carbocycles. The van der Waals surface area contributed by atoms with Crippen molar-refractivity contribution in [3.8, 4) is 22.5 Å². The van der Waals surface area contributed by atoms with Gasteiger partial charge in [0.15, 0.2) is 11.5 Å². The SMILES string of the molecule is O=C1Cc2cc(-c3c(-c4ccc(F)cc4)nc4c(N5CCC(=NO)CC5)nccn34)ccc2N1. The van der Waals surface area contributed by atoms with Crippen LogP contribution in [0.3, 0.4) is 0 Å². The van der Waals surface area contributed by atoms with E-state index in [0.717, 1.165) is 39.6 Å². The summed E-state index contributed by atoms with van der Waals surface area (Å²) in [7, 11) is 0. The Balaban J connectivity index is 1.54. The van der Waals surface area contributed by atoms with E-state index in [9.17, 15) is 9.18 Å². The molecule has 1 saturated heterocycles. The van der Waals surface area contributed by atoms with E-state index in [0.29, 0.717) is 43.7 Å². The molecular weight excluding hydrogens is 435 g/mol. The van der Waals surface area contributed by atoms with E-state index in [2.05, 4.69) is 20.4 Å². The van der Waals surface area contributed by atoms with Crippen molar-refractivity contribution >= 4 is 28.8 Å². The molecule has 1 amide bonds. The van der Waals surface area contributed by atoms with Crippen molar-refractivity contribution in [1.29, 1.82) is 0 Å². The zero-order valence-corrected chi connectivity index (χ0v) is 18.2. The van der Waals surface area contributed by atoms with Gasteiger partial charge in [0.25, 0.3) is 0 Å². The minimum absolute atomic E-state index is 0.0218. The van der Waals surface area contributed by atoms with Gasteiger partial charge in [0.2, 0.25) is 5.91 Å². The molecule has 9 heteroatoms. The van der Waals surface area contributed by atoms with Crippen LogP contribution in [0.4, 0.5) is 15.9 Å². The summed E-state index contributed by atoms with van der Waals surface area (Å²) in [6, 6.07) is 12.2. The Morgan fingerprint density at radius 2 is 1.82 bits per heavy atom. The highest BCUT2D eigenvalue weighted by Crippen LogP contribution is 2.37. The number of imidazole rings is 1. The Labute approximate surface area is 194 Å². The second-order valence-corrected chi connectivity index (χ2v) is 8.51. The molecule has 0 spiro atoms. The average Bonchev–Trinajstić information content (AvgIpc) is 3.43. The quantitative estimate of drug-likeness (QED) is 0.357. The lowest BCUT2D eigenvalue weighted by atomic mass is 10.0. The third-order valence-electron chi connectivity index (χ3n) is 6.43. The zero-order valence-electron chi connectivity index (χ0n) is 18.2. The molecule has 0 unspecified atom stereocenters. The molecule has 0 aliphatic carbocycles. The largest absolute Gasteiger partial charge is 0.411 e. The number of oxime groups is 1. The average molecular weight is 456 g/mol. The first kappa shape index (κ1) is 20.3. The number of fused-ring (bicyclic) bond motifs is 2. The van der Waals surface area contributed by atoms with Gasteiger partial charge >= 0.3 is 0 Å². The highest BCUT2D eigenvalue weighted by Gasteiger charge is 2.25. The first-order valence-electron chi connectivity index (χ1n) is 11.1. The Morgan fingerprint density at radius 1 is 1.06 bits per heavy atom. The van der Waals surface area contributed by atoms with Gasteiger partial charge in [-0.3, -0.25) is 9.20 Å². The van der Waals surface area contributed by atoms with Crippen LogP contribution in [0, 0.1) is 5.82 Å². The predicted molar refractivity (Wildman–Crippen MR) is 127 cm³/mol. The molecule has 2 aromatic carbocycles. The summed E-state index contributed by atoms with van der Waals surface area (Å²) in [5, 5.41) is 15.3. The first-order chi connectivity index (χ1) is 16.6. The smallest absolute Gasteiger partial charge is 0.228 e. The second kappa shape index (κ2) is 7.95. The van der Waals surface area contributed by atoms with Crippen LogP contribution in [-0.2, 0) is 11.2 Å². The number of nitrogens with one attached hydrogen (secondary N) is 1. The van der Waals surface area contributed by atoms with Crippen LogP contribution in [0.2, 0.25) is 0 Å². The number of nitrogens with zero attached hydrogens (tertiary/aromatic N) is 5. The molecule has 2 N–H and O–H groups in total. The highest BCUT2D eigenvalue weighted by molar-refractivity contribution is 6.00. The number of carbonyl (C=O) groups is 1. The Kier molecular flexibility index (Phi) is 4.75. The van der Waals surface area contributed by atoms with Crippen LogP contribution in [0.5, 0.6) is 0 Å². The summed E-state index contributed by atoms with van der Waals surface area (Å²) in [5.41, 5.74) is 6.48. The molecule has 4 heterocycles. The van der Waals surface area contributed by atoms with E-state index in [1.807, 2.05) is 28.8 Å². The molecule has 34 heavy (non-hydrogen) atoms. The summed E-state index contributed by atoms with van der Waals surface area (Å²) >= 11 is 0. The molecule has 2 aliphatic rings.